The van der Waals surface area contributed by atoms with Crippen molar-refractivity contribution in [1.82, 2.24) is 19.4 Å². The summed E-state index contributed by atoms with van der Waals surface area (Å²) in [6.45, 7) is 2.34. The maximum atomic E-state index is 13.3. The molecule has 1 amide bonds. The molecule has 1 aliphatic heterocycles. The number of ether oxygens (including phenoxy) is 1. The molecule has 0 radical (unpaired) electrons. The third-order valence-electron chi connectivity index (χ3n) is 6.79. The SMILES string of the molecule is COCCn1cc(CCCC(=O)N2CCCC[C@@H]2c2nc3ccccc3[nH]2)c2ccccc21. The Hall–Kier alpha value is -3.12. The van der Waals surface area contributed by atoms with Crippen LogP contribution in [0.2, 0.25) is 0 Å². The summed E-state index contributed by atoms with van der Waals surface area (Å²) in [5.74, 6) is 1.16. The lowest BCUT2D eigenvalue weighted by molar-refractivity contribution is -0.135. The number of likely N-dealkylation sites (tertiary alicyclic amines) is 1. The number of fused-ring (bicyclic) bond motifs is 2. The minimum absolute atomic E-state index is 0.0506. The Kier molecular flexibility index (Phi) is 6.44. The molecule has 4 aromatic rings. The number of aromatic nitrogens is 3. The molecule has 0 spiro atoms. The molecule has 172 valence electrons. The van der Waals surface area contributed by atoms with E-state index in [1.165, 1.54) is 16.5 Å². The molecule has 1 aliphatic rings. The first kappa shape index (κ1) is 21.7. The maximum Gasteiger partial charge on any atom is 0.223 e. The van der Waals surface area contributed by atoms with Gasteiger partial charge in [-0.25, -0.2) is 4.98 Å². The highest BCUT2D eigenvalue weighted by Gasteiger charge is 2.29. The number of nitrogens with one attached hydrogen (secondary N) is 1. The molecule has 33 heavy (non-hydrogen) atoms. The van der Waals surface area contributed by atoms with Crippen LogP contribution in [0.4, 0.5) is 0 Å². The number of aryl methyl sites for hydroxylation is 1. The highest BCUT2D eigenvalue weighted by molar-refractivity contribution is 5.84. The highest BCUT2D eigenvalue weighted by atomic mass is 16.5. The fourth-order valence-electron chi connectivity index (χ4n) is 5.12. The van der Waals surface area contributed by atoms with Gasteiger partial charge < -0.3 is 19.2 Å². The average molecular weight is 445 g/mol. The molecule has 1 fully saturated rings. The van der Waals surface area contributed by atoms with Crippen LogP contribution in [0.1, 0.15) is 49.5 Å². The predicted octanol–water partition coefficient (Wildman–Crippen LogP) is 5.24. The van der Waals surface area contributed by atoms with E-state index in [0.29, 0.717) is 13.0 Å². The third-order valence-corrected chi connectivity index (χ3v) is 6.79. The van der Waals surface area contributed by atoms with Crippen LogP contribution in [-0.4, -0.2) is 45.6 Å². The summed E-state index contributed by atoms with van der Waals surface area (Å²) in [6.07, 6.45) is 7.71. The maximum absolute atomic E-state index is 13.3. The molecule has 1 saturated heterocycles. The summed E-state index contributed by atoms with van der Waals surface area (Å²) in [5.41, 5.74) is 4.55. The molecule has 0 aliphatic carbocycles. The van der Waals surface area contributed by atoms with E-state index in [1.54, 1.807) is 7.11 Å². The quantitative estimate of drug-likeness (QED) is 0.404. The minimum Gasteiger partial charge on any atom is -0.383 e. The van der Waals surface area contributed by atoms with Gasteiger partial charge in [0.25, 0.3) is 0 Å². The number of aromatic amines is 1. The third kappa shape index (κ3) is 4.53. The van der Waals surface area contributed by atoms with Crippen LogP contribution in [0.25, 0.3) is 21.9 Å². The van der Waals surface area contributed by atoms with Crippen molar-refractivity contribution in [3.8, 4) is 0 Å². The average Bonchev–Trinajstić information content (AvgIpc) is 3.44. The van der Waals surface area contributed by atoms with Gasteiger partial charge in [0.05, 0.1) is 23.7 Å². The number of carbonyl (C=O) groups excluding carboxylic acids is 1. The molecule has 5 rings (SSSR count). The highest BCUT2D eigenvalue weighted by Crippen LogP contribution is 2.31. The van der Waals surface area contributed by atoms with Crippen LogP contribution in [-0.2, 0) is 22.5 Å². The molecular formula is C27H32N4O2. The normalized spacial score (nSPS) is 16.6. The Morgan fingerprint density at radius 1 is 1.15 bits per heavy atom. The monoisotopic (exact) mass is 444 g/mol. The van der Waals surface area contributed by atoms with Gasteiger partial charge in [-0.05, 0) is 55.9 Å². The molecule has 0 unspecified atom stereocenters. The van der Waals surface area contributed by atoms with Crippen LogP contribution >= 0.6 is 0 Å². The number of imidazole rings is 1. The van der Waals surface area contributed by atoms with Crippen LogP contribution < -0.4 is 0 Å². The smallest absolute Gasteiger partial charge is 0.223 e. The van der Waals surface area contributed by atoms with Crippen LogP contribution in [0, 0.1) is 0 Å². The second-order valence-corrected chi connectivity index (χ2v) is 8.95. The molecule has 1 atom stereocenters. The number of para-hydroxylation sites is 3. The van der Waals surface area contributed by atoms with Gasteiger partial charge >= 0.3 is 0 Å². The van der Waals surface area contributed by atoms with Gasteiger partial charge in [0.2, 0.25) is 5.91 Å². The molecule has 2 aromatic carbocycles. The van der Waals surface area contributed by atoms with E-state index in [9.17, 15) is 4.79 Å². The number of hydrogen-bond acceptors (Lipinski definition) is 3. The number of amides is 1. The number of H-pyrrole nitrogens is 1. The number of nitrogens with zero attached hydrogens (tertiary/aromatic N) is 3. The number of methoxy groups -OCH3 is 1. The summed E-state index contributed by atoms with van der Waals surface area (Å²) in [4.78, 5) is 23.6. The van der Waals surface area contributed by atoms with Crippen molar-refractivity contribution in [3.05, 3.63) is 66.1 Å². The lowest BCUT2D eigenvalue weighted by Gasteiger charge is -2.34. The number of carbonyl (C=O) groups is 1. The number of benzene rings is 2. The molecule has 0 saturated carbocycles. The second-order valence-electron chi connectivity index (χ2n) is 8.95. The van der Waals surface area contributed by atoms with E-state index in [-0.39, 0.29) is 11.9 Å². The van der Waals surface area contributed by atoms with Crippen molar-refractivity contribution in [1.29, 1.82) is 0 Å². The van der Waals surface area contributed by atoms with Gasteiger partial charge in [0.1, 0.15) is 5.82 Å². The zero-order valence-electron chi connectivity index (χ0n) is 19.3. The molecule has 1 N–H and O–H groups in total. The van der Waals surface area contributed by atoms with Gasteiger partial charge in [-0.1, -0.05) is 30.3 Å². The van der Waals surface area contributed by atoms with E-state index >= 15 is 0 Å². The standard InChI is InChI=1S/C27H32N4O2/c1-33-18-17-30-19-20(21-10-2-5-13-24(21)30)9-8-15-26(32)31-16-7-6-14-25(31)27-28-22-11-3-4-12-23(22)29-27/h2-5,10-13,19,25H,6-9,14-18H2,1H3,(H,28,29)/t25-/m1/s1. The van der Waals surface area contributed by atoms with E-state index in [2.05, 4.69) is 44.9 Å². The summed E-state index contributed by atoms with van der Waals surface area (Å²) in [6, 6.07) is 16.6. The van der Waals surface area contributed by atoms with E-state index in [0.717, 1.165) is 62.1 Å². The van der Waals surface area contributed by atoms with Gasteiger partial charge in [-0.3, -0.25) is 4.79 Å². The number of rotatable bonds is 8. The van der Waals surface area contributed by atoms with Crippen molar-refractivity contribution in [2.24, 2.45) is 0 Å². The molecule has 3 heterocycles. The fourth-order valence-corrected chi connectivity index (χ4v) is 5.12. The Bertz CT molecular complexity index is 1210. The van der Waals surface area contributed by atoms with E-state index in [1.807, 2.05) is 24.3 Å². The van der Waals surface area contributed by atoms with E-state index in [4.69, 9.17) is 9.72 Å². The summed E-state index contributed by atoms with van der Waals surface area (Å²) in [7, 11) is 1.73. The van der Waals surface area contributed by atoms with Crippen molar-refractivity contribution in [2.75, 3.05) is 20.3 Å². The van der Waals surface area contributed by atoms with Gasteiger partial charge in [0.15, 0.2) is 0 Å². The van der Waals surface area contributed by atoms with Crippen LogP contribution in [0.5, 0.6) is 0 Å². The van der Waals surface area contributed by atoms with Crippen molar-refractivity contribution < 1.29 is 9.53 Å². The molecule has 0 bridgehead atoms. The van der Waals surface area contributed by atoms with Crippen molar-refractivity contribution in [2.45, 2.75) is 51.1 Å². The molecule has 6 nitrogen and oxygen atoms in total. The zero-order valence-corrected chi connectivity index (χ0v) is 19.3. The van der Waals surface area contributed by atoms with Gasteiger partial charge in [-0.15, -0.1) is 0 Å². The fraction of sp³-hybridized carbons (Fsp3) is 0.407. The topological polar surface area (TPSA) is 63.1 Å². The largest absolute Gasteiger partial charge is 0.383 e. The molecular weight excluding hydrogens is 412 g/mol. The van der Waals surface area contributed by atoms with Gasteiger partial charge in [0, 0.05) is 43.7 Å². The summed E-state index contributed by atoms with van der Waals surface area (Å²) < 4.78 is 7.53. The molecule has 2 aromatic heterocycles. The first-order valence-corrected chi connectivity index (χ1v) is 12.0. The van der Waals surface area contributed by atoms with Crippen LogP contribution in [0.3, 0.4) is 0 Å². The summed E-state index contributed by atoms with van der Waals surface area (Å²) in [5, 5.41) is 1.28. The minimum atomic E-state index is 0.0506. The number of hydrogen-bond donors (Lipinski definition) is 1. The first-order valence-electron chi connectivity index (χ1n) is 12.0. The lowest BCUT2D eigenvalue weighted by Crippen LogP contribution is -2.38. The van der Waals surface area contributed by atoms with Crippen molar-refractivity contribution in [3.63, 3.8) is 0 Å². The Balaban J connectivity index is 1.26. The Morgan fingerprint density at radius 2 is 2.00 bits per heavy atom. The number of piperidine rings is 1. The lowest BCUT2D eigenvalue weighted by atomic mass is 10.00. The van der Waals surface area contributed by atoms with Crippen LogP contribution in [0.15, 0.2) is 54.7 Å². The Labute approximate surface area is 194 Å². The Morgan fingerprint density at radius 3 is 2.88 bits per heavy atom. The second kappa shape index (κ2) is 9.79. The molecule has 6 heteroatoms. The summed E-state index contributed by atoms with van der Waals surface area (Å²) >= 11 is 0. The first-order chi connectivity index (χ1) is 16.2. The van der Waals surface area contributed by atoms with E-state index < -0.39 is 0 Å². The zero-order chi connectivity index (χ0) is 22.6. The van der Waals surface area contributed by atoms with Crippen molar-refractivity contribution >= 4 is 27.8 Å². The predicted molar refractivity (Wildman–Crippen MR) is 131 cm³/mol. The van der Waals surface area contributed by atoms with Gasteiger partial charge in [-0.2, -0.15) is 0 Å².